The summed E-state index contributed by atoms with van der Waals surface area (Å²) in [5.74, 6) is 1.67. The maximum absolute atomic E-state index is 12.1. The minimum atomic E-state index is 0.160. The van der Waals surface area contributed by atoms with Gasteiger partial charge in [-0.25, -0.2) is 0 Å². The molecule has 0 heterocycles. The van der Waals surface area contributed by atoms with Gasteiger partial charge in [0.15, 0.2) is 0 Å². The van der Waals surface area contributed by atoms with E-state index in [2.05, 4.69) is 18.3 Å². The first-order chi connectivity index (χ1) is 10.2. The molecule has 1 N–H and O–H groups in total. The van der Waals surface area contributed by atoms with Crippen LogP contribution in [-0.4, -0.2) is 19.1 Å². The minimum absolute atomic E-state index is 0.160. The second kappa shape index (κ2) is 8.06. The summed E-state index contributed by atoms with van der Waals surface area (Å²) >= 11 is 0. The van der Waals surface area contributed by atoms with Crippen molar-refractivity contribution in [2.24, 2.45) is 5.92 Å². The zero-order chi connectivity index (χ0) is 15.1. The van der Waals surface area contributed by atoms with E-state index in [9.17, 15) is 4.79 Å². The van der Waals surface area contributed by atoms with Gasteiger partial charge < -0.3 is 10.1 Å². The Morgan fingerprint density at radius 3 is 2.81 bits per heavy atom. The van der Waals surface area contributed by atoms with Crippen molar-refractivity contribution < 1.29 is 9.53 Å². The number of methoxy groups -OCH3 is 1. The third-order valence-corrected chi connectivity index (χ3v) is 4.28. The van der Waals surface area contributed by atoms with E-state index in [1.807, 2.05) is 18.2 Å². The number of carbonyl (C=O) groups excluding carboxylic acids is 1. The molecule has 1 aliphatic carbocycles. The molecule has 0 bridgehead atoms. The molecule has 1 aromatic carbocycles. The fourth-order valence-corrected chi connectivity index (χ4v) is 3.19. The van der Waals surface area contributed by atoms with Crippen molar-refractivity contribution in [2.75, 3.05) is 7.11 Å². The van der Waals surface area contributed by atoms with Crippen LogP contribution in [0.2, 0.25) is 0 Å². The summed E-state index contributed by atoms with van der Waals surface area (Å²) in [5, 5.41) is 3.13. The number of hydrogen-bond acceptors (Lipinski definition) is 2. The Morgan fingerprint density at radius 2 is 2.10 bits per heavy atom. The third-order valence-electron chi connectivity index (χ3n) is 4.28. The van der Waals surface area contributed by atoms with Crippen LogP contribution in [0.3, 0.4) is 0 Å². The predicted molar refractivity (Wildman–Crippen MR) is 85.5 cm³/mol. The van der Waals surface area contributed by atoms with Gasteiger partial charge in [-0.2, -0.15) is 0 Å². The van der Waals surface area contributed by atoms with Gasteiger partial charge in [0.2, 0.25) is 5.91 Å². The molecule has 0 aromatic heterocycles. The van der Waals surface area contributed by atoms with Crippen molar-refractivity contribution in [3.8, 4) is 5.75 Å². The molecule has 1 saturated carbocycles. The highest BCUT2D eigenvalue weighted by molar-refractivity contribution is 5.76. The summed E-state index contributed by atoms with van der Waals surface area (Å²) < 4.78 is 5.23. The average molecular weight is 289 g/mol. The standard InChI is InChI=1S/C18H27NO2/c1-14(11-16-9-6-10-17(12-16)21-2)19-18(20)13-15-7-4-3-5-8-15/h6,9-10,12,14-15H,3-5,7-8,11,13H2,1-2H3,(H,19,20). The lowest BCUT2D eigenvalue weighted by atomic mass is 9.87. The van der Waals surface area contributed by atoms with Crippen LogP contribution in [0.4, 0.5) is 0 Å². The van der Waals surface area contributed by atoms with E-state index in [1.165, 1.54) is 37.7 Å². The normalized spacial score (nSPS) is 17.2. The van der Waals surface area contributed by atoms with E-state index in [1.54, 1.807) is 7.11 Å². The molecule has 1 aromatic rings. The quantitative estimate of drug-likeness (QED) is 0.867. The fraction of sp³-hybridized carbons (Fsp3) is 0.611. The Bertz CT molecular complexity index is 452. The molecule has 2 rings (SSSR count). The van der Waals surface area contributed by atoms with E-state index < -0.39 is 0 Å². The van der Waals surface area contributed by atoms with Gasteiger partial charge in [0.1, 0.15) is 5.75 Å². The first kappa shape index (κ1) is 15.9. The molecule has 0 aliphatic heterocycles. The van der Waals surface area contributed by atoms with E-state index >= 15 is 0 Å². The lowest BCUT2D eigenvalue weighted by Gasteiger charge is -2.22. The summed E-state index contributed by atoms with van der Waals surface area (Å²) in [6.45, 7) is 2.07. The van der Waals surface area contributed by atoms with Crippen molar-refractivity contribution >= 4 is 5.91 Å². The molecule has 3 nitrogen and oxygen atoms in total. The molecule has 21 heavy (non-hydrogen) atoms. The van der Waals surface area contributed by atoms with Crippen molar-refractivity contribution in [1.82, 2.24) is 5.32 Å². The van der Waals surface area contributed by atoms with Crippen LogP contribution in [0.25, 0.3) is 0 Å². The smallest absolute Gasteiger partial charge is 0.220 e. The molecule has 116 valence electrons. The number of rotatable bonds is 6. The third kappa shape index (κ3) is 5.41. The zero-order valence-electron chi connectivity index (χ0n) is 13.2. The van der Waals surface area contributed by atoms with Crippen molar-refractivity contribution in [1.29, 1.82) is 0 Å². The molecule has 0 saturated heterocycles. The Labute approximate surface area is 128 Å². The zero-order valence-corrected chi connectivity index (χ0v) is 13.2. The molecule has 3 heteroatoms. The largest absolute Gasteiger partial charge is 0.497 e. The monoisotopic (exact) mass is 289 g/mol. The van der Waals surface area contributed by atoms with E-state index in [4.69, 9.17) is 4.74 Å². The summed E-state index contributed by atoms with van der Waals surface area (Å²) in [6, 6.07) is 8.20. The van der Waals surface area contributed by atoms with Crippen LogP contribution in [0, 0.1) is 5.92 Å². The SMILES string of the molecule is COc1cccc(CC(C)NC(=O)CC2CCCCC2)c1. The summed E-state index contributed by atoms with van der Waals surface area (Å²) in [4.78, 5) is 12.1. The summed E-state index contributed by atoms with van der Waals surface area (Å²) in [5.41, 5.74) is 1.19. The van der Waals surface area contributed by atoms with E-state index in [0.717, 1.165) is 12.2 Å². The van der Waals surface area contributed by atoms with Crippen LogP contribution in [-0.2, 0) is 11.2 Å². The van der Waals surface area contributed by atoms with E-state index in [0.29, 0.717) is 12.3 Å². The predicted octanol–water partition coefficient (Wildman–Crippen LogP) is 3.71. The van der Waals surface area contributed by atoms with Crippen LogP contribution >= 0.6 is 0 Å². The Morgan fingerprint density at radius 1 is 1.33 bits per heavy atom. The number of ether oxygens (including phenoxy) is 1. The number of benzene rings is 1. The highest BCUT2D eigenvalue weighted by atomic mass is 16.5. The first-order valence-corrected chi connectivity index (χ1v) is 8.09. The van der Waals surface area contributed by atoms with Gasteiger partial charge in [-0.05, 0) is 49.8 Å². The molecule has 1 amide bonds. The maximum atomic E-state index is 12.1. The number of hydrogen-bond donors (Lipinski definition) is 1. The molecule has 1 unspecified atom stereocenters. The van der Waals surface area contributed by atoms with Gasteiger partial charge in [0.05, 0.1) is 7.11 Å². The highest BCUT2D eigenvalue weighted by Gasteiger charge is 2.18. The first-order valence-electron chi connectivity index (χ1n) is 8.09. The van der Waals surface area contributed by atoms with Crippen LogP contribution in [0.1, 0.15) is 51.0 Å². The Kier molecular flexibility index (Phi) is 6.09. The maximum Gasteiger partial charge on any atom is 0.220 e. The van der Waals surface area contributed by atoms with Crippen molar-refractivity contribution in [3.63, 3.8) is 0 Å². The van der Waals surface area contributed by atoms with Crippen molar-refractivity contribution in [2.45, 2.75) is 57.9 Å². The van der Waals surface area contributed by atoms with Crippen molar-refractivity contribution in [3.05, 3.63) is 29.8 Å². The van der Waals surface area contributed by atoms with Crippen LogP contribution in [0.5, 0.6) is 5.75 Å². The minimum Gasteiger partial charge on any atom is -0.497 e. The summed E-state index contributed by atoms with van der Waals surface area (Å²) in [6.07, 6.45) is 7.89. The Balaban J connectivity index is 1.77. The number of carbonyl (C=O) groups is 1. The van der Waals surface area contributed by atoms with Gasteiger partial charge in [-0.3, -0.25) is 4.79 Å². The van der Waals surface area contributed by atoms with E-state index in [-0.39, 0.29) is 11.9 Å². The van der Waals surface area contributed by atoms with Gasteiger partial charge in [0.25, 0.3) is 0 Å². The van der Waals surface area contributed by atoms with Gasteiger partial charge in [0, 0.05) is 12.5 Å². The van der Waals surface area contributed by atoms with Crippen LogP contribution < -0.4 is 10.1 Å². The topological polar surface area (TPSA) is 38.3 Å². The lowest BCUT2D eigenvalue weighted by Crippen LogP contribution is -2.35. The van der Waals surface area contributed by atoms with Gasteiger partial charge >= 0.3 is 0 Å². The molecule has 1 atom stereocenters. The van der Waals surface area contributed by atoms with Gasteiger partial charge in [-0.15, -0.1) is 0 Å². The second-order valence-electron chi connectivity index (χ2n) is 6.23. The average Bonchev–Trinajstić information content (AvgIpc) is 2.48. The molecule has 0 radical (unpaired) electrons. The van der Waals surface area contributed by atoms with Crippen LogP contribution in [0.15, 0.2) is 24.3 Å². The van der Waals surface area contributed by atoms with Gasteiger partial charge in [-0.1, -0.05) is 31.4 Å². The molecule has 0 spiro atoms. The highest BCUT2D eigenvalue weighted by Crippen LogP contribution is 2.26. The fourth-order valence-electron chi connectivity index (χ4n) is 3.19. The molecular formula is C18H27NO2. The molecule has 1 aliphatic rings. The number of amides is 1. The Hall–Kier alpha value is -1.51. The molecular weight excluding hydrogens is 262 g/mol. The summed E-state index contributed by atoms with van der Waals surface area (Å²) in [7, 11) is 1.68. The lowest BCUT2D eigenvalue weighted by molar-refractivity contribution is -0.122. The molecule has 1 fully saturated rings. The number of nitrogens with one attached hydrogen (secondary N) is 1. The second-order valence-corrected chi connectivity index (χ2v) is 6.23.